The van der Waals surface area contributed by atoms with Crippen LogP contribution in [0.15, 0.2) is 60.1 Å². The third kappa shape index (κ3) is 4.34. The van der Waals surface area contributed by atoms with Crippen LogP contribution in [0.2, 0.25) is 5.02 Å². The van der Waals surface area contributed by atoms with E-state index in [9.17, 15) is 4.79 Å². The van der Waals surface area contributed by atoms with Crippen LogP contribution in [-0.4, -0.2) is 31.3 Å². The van der Waals surface area contributed by atoms with E-state index in [1.54, 1.807) is 6.07 Å². The smallest absolute Gasteiger partial charge is 0.255 e. The summed E-state index contributed by atoms with van der Waals surface area (Å²) in [6.45, 7) is 9.02. The van der Waals surface area contributed by atoms with Crippen LogP contribution in [0.5, 0.6) is 0 Å². The van der Waals surface area contributed by atoms with E-state index in [0.717, 1.165) is 47.7 Å². The third-order valence-electron chi connectivity index (χ3n) is 5.66. The van der Waals surface area contributed by atoms with Gasteiger partial charge in [0.15, 0.2) is 0 Å². The number of aliphatic imine (C=N–C) groups is 1. The Morgan fingerprint density at radius 2 is 1.80 bits per heavy atom. The molecule has 0 aromatic heterocycles. The van der Waals surface area contributed by atoms with Crippen LogP contribution < -0.4 is 10.2 Å². The number of hydrogen-bond acceptors (Lipinski definition) is 3. The maximum absolute atomic E-state index is 11.8. The molecule has 0 saturated carbocycles. The van der Waals surface area contributed by atoms with Crippen molar-refractivity contribution in [2.75, 3.05) is 29.9 Å². The van der Waals surface area contributed by atoms with Crippen LogP contribution in [-0.2, 0) is 4.79 Å². The summed E-state index contributed by atoms with van der Waals surface area (Å²) < 4.78 is 0. The first-order valence-corrected chi connectivity index (χ1v) is 10.8. The van der Waals surface area contributed by atoms with Gasteiger partial charge in [0.1, 0.15) is 0 Å². The molecule has 0 radical (unpaired) electrons. The summed E-state index contributed by atoms with van der Waals surface area (Å²) in [7, 11) is 0. The standard InChI is InChI=1S/C20H19ClN2O.C5H7N/c1-13-16-11-17(18(21)12-19(16)22-20(13)24)14-5-7-15(8-6-14)23-9-3-2-4-10-23;1-5-3-2-4-6-5/h5-8,11-12H,1-4,9-10H2,(H,22,24);2-3H,4H2,1H3. The van der Waals surface area contributed by atoms with E-state index < -0.39 is 0 Å². The summed E-state index contributed by atoms with van der Waals surface area (Å²) >= 11 is 6.43. The van der Waals surface area contributed by atoms with Crippen LogP contribution >= 0.6 is 11.6 Å². The van der Waals surface area contributed by atoms with Crippen molar-refractivity contribution in [1.29, 1.82) is 0 Å². The molecule has 5 heteroatoms. The highest BCUT2D eigenvalue weighted by Gasteiger charge is 2.24. The van der Waals surface area contributed by atoms with Gasteiger partial charge in [-0.1, -0.05) is 36.4 Å². The van der Waals surface area contributed by atoms with Gasteiger partial charge in [-0.15, -0.1) is 0 Å². The summed E-state index contributed by atoms with van der Waals surface area (Å²) in [6, 6.07) is 12.3. The first kappa shape index (κ1) is 20.4. The number of amides is 1. The van der Waals surface area contributed by atoms with Crippen LogP contribution in [0, 0.1) is 0 Å². The summed E-state index contributed by atoms with van der Waals surface area (Å²) in [5.74, 6) is -0.154. The van der Waals surface area contributed by atoms with Gasteiger partial charge in [-0.25, -0.2) is 0 Å². The van der Waals surface area contributed by atoms with Crippen molar-refractivity contribution >= 4 is 40.2 Å². The molecular formula is C25H26ClN3O. The highest BCUT2D eigenvalue weighted by Crippen LogP contribution is 2.39. The average Bonchev–Trinajstić information content (AvgIpc) is 3.35. The Bertz CT molecular complexity index is 1030. The number of allylic oxidation sites excluding steroid dienone is 1. The van der Waals surface area contributed by atoms with Crippen molar-refractivity contribution in [2.24, 2.45) is 4.99 Å². The molecule has 0 atom stereocenters. The van der Waals surface area contributed by atoms with Crippen molar-refractivity contribution in [3.8, 4) is 11.1 Å². The Hall–Kier alpha value is -2.85. The van der Waals surface area contributed by atoms with E-state index in [-0.39, 0.29) is 5.91 Å². The molecule has 2 aromatic carbocycles. The molecule has 0 bridgehead atoms. The second-order valence-electron chi connectivity index (χ2n) is 7.79. The van der Waals surface area contributed by atoms with Crippen molar-refractivity contribution in [3.05, 3.63) is 65.7 Å². The molecule has 1 N–H and O–H groups in total. The minimum atomic E-state index is -0.154. The number of anilines is 2. The molecule has 5 rings (SSSR count). The zero-order valence-electron chi connectivity index (χ0n) is 17.2. The van der Waals surface area contributed by atoms with Gasteiger partial charge in [-0.3, -0.25) is 9.79 Å². The fraction of sp³-hybridized carbons (Fsp3) is 0.280. The molecule has 3 aliphatic heterocycles. The Kier molecular flexibility index (Phi) is 6.05. The van der Waals surface area contributed by atoms with E-state index in [1.165, 1.54) is 24.9 Å². The highest BCUT2D eigenvalue weighted by atomic mass is 35.5. The zero-order chi connectivity index (χ0) is 21.1. The molecule has 4 nitrogen and oxygen atoms in total. The molecule has 0 aliphatic carbocycles. The summed E-state index contributed by atoms with van der Waals surface area (Å²) in [5, 5.41) is 3.42. The summed E-state index contributed by atoms with van der Waals surface area (Å²) in [4.78, 5) is 18.2. The fourth-order valence-corrected chi connectivity index (χ4v) is 4.22. The predicted molar refractivity (Wildman–Crippen MR) is 128 cm³/mol. The number of benzene rings is 2. The maximum Gasteiger partial charge on any atom is 0.255 e. The molecule has 3 aliphatic rings. The van der Waals surface area contributed by atoms with Crippen molar-refractivity contribution in [3.63, 3.8) is 0 Å². The monoisotopic (exact) mass is 419 g/mol. The van der Waals surface area contributed by atoms with E-state index in [0.29, 0.717) is 10.6 Å². The van der Waals surface area contributed by atoms with Gasteiger partial charge >= 0.3 is 0 Å². The molecule has 1 saturated heterocycles. The quantitative estimate of drug-likeness (QED) is 0.608. The second-order valence-corrected chi connectivity index (χ2v) is 8.20. The number of piperidine rings is 1. The summed E-state index contributed by atoms with van der Waals surface area (Å²) in [6.07, 6.45) is 7.94. The van der Waals surface area contributed by atoms with E-state index in [1.807, 2.05) is 19.1 Å². The molecule has 0 spiro atoms. The number of nitrogens with zero attached hydrogens (tertiary/aromatic N) is 2. The third-order valence-corrected chi connectivity index (χ3v) is 5.97. The molecular weight excluding hydrogens is 394 g/mol. The van der Waals surface area contributed by atoms with Crippen molar-refractivity contribution < 1.29 is 4.79 Å². The highest BCUT2D eigenvalue weighted by molar-refractivity contribution is 6.36. The minimum absolute atomic E-state index is 0.154. The Morgan fingerprint density at radius 1 is 1.07 bits per heavy atom. The lowest BCUT2D eigenvalue weighted by Gasteiger charge is -2.28. The molecule has 3 heterocycles. The van der Waals surface area contributed by atoms with Crippen molar-refractivity contribution in [2.45, 2.75) is 26.2 Å². The maximum atomic E-state index is 11.8. The Morgan fingerprint density at radius 3 is 2.40 bits per heavy atom. The number of carbonyl (C=O) groups excluding carboxylic acids is 1. The van der Waals surface area contributed by atoms with Crippen molar-refractivity contribution in [1.82, 2.24) is 0 Å². The lowest BCUT2D eigenvalue weighted by molar-refractivity contribution is -0.110. The number of rotatable bonds is 2. The zero-order valence-corrected chi connectivity index (χ0v) is 18.0. The molecule has 1 amide bonds. The van der Waals surface area contributed by atoms with Crippen LogP contribution in [0.1, 0.15) is 31.7 Å². The van der Waals surface area contributed by atoms with Crippen LogP contribution in [0.25, 0.3) is 16.7 Å². The minimum Gasteiger partial charge on any atom is -0.372 e. The van der Waals surface area contributed by atoms with E-state index in [4.69, 9.17) is 11.6 Å². The molecule has 154 valence electrons. The Balaban J connectivity index is 0.000000313. The van der Waals surface area contributed by atoms with Gasteiger partial charge in [0.25, 0.3) is 5.91 Å². The number of nitrogens with one attached hydrogen (secondary N) is 1. The van der Waals surface area contributed by atoms with Gasteiger partial charge in [0.05, 0.1) is 17.3 Å². The summed E-state index contributed by atoms with van der Waals surface area (Å²) in [5.41, 5.74) is 6.46. The number of fused-ring (bicyclic) bond motifs is 1. The van der Waals surface area contributed by atoms with Gasteiger partial charge in [0.2, 0.25) is 0 Å². The molecule has 2 aromatic rings. The second kappa shape index (κ2) is 8.88. The normalized spacial score (nSPS) is 17.3. The van der Waals surface area contributed by atoms with E-state index in [2.05, 4.69) is 52.1 Å². The number of halogens is 1. The molecule has 30 heavy (non-hydrogen) atoms. The fourth-order valence-electron chi connectivity index (χ4n) is 3.94. The van der Waals surface area contributed by atoms with Gasteiger partial charge < -0.3 is 10.2 Å². The molecule has 0 unspecified atom stereocenters. The SMILES string of the molecule is C=C1C(=O)Nc2cc(Cl)c(-c3ccc(N4CCCCC4)cc3)cc21.CC1=NCC=C1. The molecule has 1 fully saturated rings. The topological polar surface area (TPSA) is 44.7 Å². The number of hydrogen-bond donors (Lipinski definition) is 1. The lowest BCUT2D eigenvalue weighted by atomic mass is 9.99. The largest absolute Gasteiger partial charge is 0.372 e. The Labute approximate surface area is 183 Å². The van der Waals surface area contributed by atoms with E-state index >= 15 is 0 Å². The lowest BCUT2D eigenvalue weighted by Crippen LogP contribution is -2.29. The van der Waals surface area contributed by atoms with Crippen LogP contribution in [0.3, 0.4) is 0 Å². The van der Waals surface area contributed by atoms with Gasteiger partial charge in [-0.05, 0) is 62.1 Å². The predicted octanol–water partition coefficient (Wildman–Crippen LogP) is 5.98. The van der Waals surface area contributed by atoms with Gasteiger partial charge in [0, 0.05) is 41.2 Å². The first-order valence-electron chi connectivity index (χ1n) is 10.4. The van der Waals surface area contributed by atoms with Crippen LogP contribution in [0.4, 0.5) is 11.4 Å². The van der Waals surface area contributed by atoms with Gasteiger partial charge in [-0.2, -0.15) is 0 Å². The first-order chi connectivity index (χ1) is 14.5. The average molecular weight is 420 g/mol. The number of carbonyl (C=O) groups is 1.